The molecule has 0 atom stereocenters. The van der Waals surface area contributed by atoms with E-state index in [2.05, 4.69) is 0 Å². The number of nitrogens with zero attached hydrogens (tertiary/aromatic N) is 1. The molecule has 0 N–H and O–H groups in total. The lowest BCUT2D eigenvalue weighted by atomic mass is 10.2. The molecule has 0 spiro atoms. The minimum atomic E-state index is -3.21. The molecule has 0 aliphatic carbocycles. The van der Waals surface area contributed by atoms with E-state index < -0.39 is 10.0 Å². The molecule has 0 fully saturated rings. The first-order valence-electron chi connectivity index (χ1n) is 4.63. The third-order valence-corrected chi connectivity index (χ3v) is 4.58. The first kappa shape index (κ1) is 9.68. The predicted octanol–water partition coefficient (Wildman–Crippen LogP) is 1.60. The van der Waals surface area contributed by atoms with Crippen molar-refractivity contribution >= 4 is 10.0 Å². The molecule has 0 unspecified atom stereocenters. The van der Waals surface area contributed by atoms with Gasteiger partial charge in [0.15, 0.2) is 0 Å². The molecule has 1 heterocycles. The van der Waals surface area contributed by atoms with Crippen LogP contribution >= 0.6 is 0 Å². The van der Waals surface area contributed by atoms with Crippen molar-refractivity contribution in [1.29, 1.82) is 0 Å². The van der Waals surface area contributed by atoms with Crippen molar-refractivity contribution in [3.63, 3.8) is 0 Å². The van der Waals surface area contributed by atoms with Crippen molar-refractivity contribution in [3.8, 4) is 0 Å². The quantitative estimate of drug-likeness (QED) is 0.707. The van der Waals surface area contributed by atoms with Gasteiger partial charge in [-0.3, -0.25) is 0 Å². The van der Waals surface area contributed by atoms with Gasteiger partial charge in [-0.1, -0.05) is 18.2 Å². The van der Waals surface area contributed by atoms with E-state index in [-0.39, 0.29) is 6.04 Å². The Hall–Kier alpha value is -0.870. The maximum absolute atomic E-state index is 12.0. The molecule has 76 valence electrons. The zero-order valence-electron chi connectivity index (χ0n) is 8.27. The Kier molecular flexibility index (Phi) is 2.12. The highest BCUT2D eigenvalue weighted by molar-refractivity contribution is 7.89. The summed E-state index contributed by atoms with van der Waals surface area (Å²) in [6.07, 6.45) is 0. The number of hydrogen-bond donors (Lipinski definition) is 0. The fourth-order valence-electron chi connectivity index (χ4n) is 1.73. The van der Waals surface area contributed by atoms with Crippen LogP contribution < -0.4 is 0 Å². The molecule has 0 radical (unpaired) electrons. The van der Waals surface area contributed by atoms with Gasteiger partial charge < -0.3 is 0 Å². The summed E-state index contributed by atoms with van der Waals surface area (Å²) in [5.41, 5.74) is 0.904. The minimum Gasteiger partial charge on any atom is -0.207 e. The van der Waals surface area contributed by atoms with Crippen molar-refractivity contribution in [3.05, 3.63) is 29.8 Å². The summed E-state index contributed by atoms with van der Waals surface area (Å²) in [7, 11) is -3.21. The first-order chi connectivity index (χ1) is 6.53. The van der Waals surface area contributed by atoms with Gasteiger partial charge >= 0.3 is 0 Å². The minimum absolute atomic E-state index is 0.0207. The summed E-state index contributed by atoms with van der Waals surface area (Å²) < 4.78 is 25.4. The summed E-state index contributed by atoms with van der Waals surface area (Å²) in [6.45, 7) is 4.29. The second-order valence-electron chi connectivity index (χ2n) is 3.75. The summed E-state index contributed by atoms with van der Waals surface area (Å²) in [5, 5.41) is 0. The van der Waals surface area contributed by atoms with Gasteiger partial charge in [-0.05, 0) is 25.5 Å². The SMILES string of the molecule is CC(C)N1Cc2ccccc2S1(=O)=O. The molecule has 1 aromatic rings. The van der Waals surface area contributed by atoms with Crippen LogP contribution in [0.25, 0.3) is 0 Å². The van der Waals surface area contributed by atoms with Crippen LogP contribution in [0, 0.1) is 0 Å². The molecule has 0 bridgehead atoms. The summed E-state index contributed by atoms with van der Waals surface area (Å²) >= 11 is 0. The fraction of sp³-hybridized carbons (Fsp3) is 0.400. The first-order valence-corrected chi connectivity index (χ1v) is 6.07. The van der Waals surface area contributed by atoms with E-state index in [0.29, 0.717) is 11.4 Å². The number of benzene rings is 1. The van der Waals surface area contributed by atoms with Gasteiger partial charge in [-0.15, -0.1) is 0 Å². The second kappa shape index (κ2) is 3.07. The standard InChI is InChI=1S/C10H13NO2S/c1-8(2)11-7-9-5-3-4-6-10(9)14(11,12)13/h3-6,8H,7H2,1-2H3. The van der Waals surface area contributed by atoms with Crippen molar-refractivity contribution in [2.24, 2.45) is 0 Å². The van der Waals surface area contributed by atoms with Gasteiger partial charge in [0, 0.05) is 12.6 Å². The van der Waals surface area contributed by atoms with Crippen LogP contribution in [0.2, 0.25) is 0 Å². The predicted molar refractivity (Wildman–Crippen MR) is 54.3 cm³/mol. The van der Waals surface area contributed by atoms with Gasteiger partial charge in [-0.25, -0.2) is 8.42 Å². The average Bonchev–Trinajstić information content (AvgIpc) is 2.39. The Morgan fingerprint density at radius 2 is 1.93 bits per heavy atom. The number of fused-ring (bicyclic) bond motifs is 1. The molecule has 1 aliphatic rings. The lowest BCUT2D eigenvalue weighted by Gasteiger charge is -2.18. The van der Waals surface area contributed by atoms with Crippen LogP contribution in [-0.2, 0) is 16.6 Å². The molecule has 1 aliphatic heterocycles. The van der Waals surface area contributed by atoms with Crippen molar-refractivity contribution in [2.45, 2.75) is 31.3 Å². The van der Waals surface area contributed by atoms with Crippen molar-refractivity contribution in [2.75, 3.05) is 0 Å². The lowest BCUT2D eigenvalue weighted by Crippen LogP contribution is -2.31. The van der Waals surface area contributed by atoms with Gasteiger partial charge in [0.2, 0.25) is 10.0 Å². The average molecular weight is 211 g/mol. The van der Waals surface area contributed by atoms with Crippen LogP contribution in [-0.4, -0.2) is 18.8 Å². The molecule has 0 aromatic heterocycles. The molecule has 2 rings (SSSR count). The smallest absolute Gasteiger partial charge is 0.207 e. The molecule has 14 heavy (non-hydrogen) atoms. The van der Waals surface area contributed by atoms with Crippen LogP contribution in [0.1, 0.15) is 19.4 Å². The summed E-state index contributed by atoms with van der Waals surface area (Å²) in [6, 6.07) is 7.20. The van der Waals surface area contributed by atoms with E-state index in [1.807, 2.05) is 26.0 Å². The third kappa shape index (κ3) is 1.26. The highest BCUT2D eigenvalue weighted by Crippen LogP contribution is 2.31. The molecule has 4 heteroatoms. The number of hydrogen-bond acceptors (Lipinski definition) is 2. The van der Waals surface area contributed by atoms with Gasteiger partial charge in [0.25, 0.3) is 0 Å². The molecule has 3 nitrogen and oxygen atoms in total. The Labute approximate surface area is 84.4 Å². The van der Waals surface area contributed by atoms with E-state index in [9.17, 15) is 8.42 Å². The van der Waals surface area contributed by atoms with Gasteiger partial charge in [0.1, 0.15) is 0 Å². The Morgan fingerprint density at radius 3 is 2.50 bits per heavy atom. The highest BCUT2D eigenvalue weighted by Gasteiger charge is 2.35. The van der Waals surface area contributed by atoms with Crippen molar-refractivity contribution < 1.29 is 8.42 Å². The molecular formula is C10H13NO2S. The molecular weight excluding hydrogens is 198 g/mol. The Bertz CT molecular complexity index is 451. The van der Waals surface area contributed by atoms with Crippen molar-refractivity contribution in [1.82, 2.24) is 4.31 Å². The van der Waals surface area contributed by atoms with Gasteiger partial charge in [0.05, 0.1) is 4.90 Å². The van der Waals surface area contributed by atoms with E-state index in [1.165, 1.54) is 4.31 Å². The molecule has 0 amide bonds. The zero-order chi connectivity index (χ0) is 10.3. The normalized spacial score (nSPS) is 19.9. The number of rotatable bonds is 1. The summed E-state index contributed by atoms with van der Waals surface area (Å²) in [4.78, 5) is 0.466. The Balaban J connectivity index is 2.57. The van der Waals surface area contributed by atoms with Gasteiger partial charge in [-0.2, -0.15) is 4.31 Å². The molecule has 0 saturated heterocycles. The second-order valence-corrected chi connectivity index (χ2v) is 5.61. The molecule has 1 aromatic carbocycles. The fourth-order valence-corrected chi connectivity index (χ4v) is 3.56. The van der Waals surface area contributed by atoms with Crippen LogP contribution in [0.5, 0.6) is 0 Å². The zero-order valence-corrected chi connectivity index (χ0v) is 9.08. The van der Waals surface area contributed by atoms with E-state index in [0.717, 1.165) is 5.56 Å². The van der Waals surface area contributed by atoms with E-state index in [4.69, 9.17) is 0 Å². The monoisotopic (exact) mass is 211 g/mol. The van der Waals surface area contributed by atoms with E-state index in [1.54, 1.807) is 12.1 Å². The topological polar surface area (TPSA) is 37.4 Å². The van der Waals surface area contributed by atoms with E-state index >= 15 is 0 Å². The van der Waals surface area contributed by atoms with Crippen LogP contribution in [0.15, 0.2) is 29.2 Å². The number of sulfonamides is 1. The molecule has 0 saturated carbocycles. The highest BCUT2D eigenvalue weighted by atomic mass is 32.2. The third-order valence-electron chi connectivity index (χ3n) is 2.46. The Morgan fingerprint density at radius 1 is 1.29 bits per heavy atom. The maximum Gasteiger partial charge on any atom is 0.243 e. The maximum atomic E-state index is 12.0. The summed E-state index contributed by atoms with van der Waals surface area (Å²) in [5.74, 6) is 0. The largest absolute Gasteiger partial charge is 0.243 e. The van der Waals surface area contributed by atoms with Crippen LogP contribution in [0.4, 0.5) is 0 Å². The lowest BCUT2D eigenvalue weighted by molar-refractivity contribution is 0.363. The van der Waals surface area contributed by atoms with Crippen LogP contribution in [0.3, 0.4) is 0 Å².